The van der Waals surface area contributed by atoms with Crippen molar-refractivity contribution >= 4 is 23.4 Å². The monoisotopic (exact) mass is 371 g/mol. The van der Waals surface area contributed by atoms with Crippen LogP contribution in [0.4, 0.5) is 0 Å². The lowest BCUT2D eigenvalue weighted by molar-refractivity contribution is -0.138. The summed E-state index contributed by atoms with van der Waals surface area (Å²) in [5.41, 5.74) is 9.46. The molecule has 142 valence electrons. The second-order valence-electron chi connectivity index (χ2n) is 6.34. The summed E-state index contributed by atoms with van der Waals surface area (Å²) < 4.78 is 0. The van der Waals surface area contributed by atoms with Crippen molar-refractivity contribution in [2.24, 2.45) is 11.0 Å². The summed E-state index contributed by atoms with van der Waals surface area (Å²) in [4.78, 5) is 49.6. The van der Waals surface area contributed by atoms with Crippen molar-refractivity contribution in [2.75, 3.05) is 13.1 Å². The Morgan fingerprint density at radius 2 is 1.78 bits per heavy atom. The average molecular weight is 371 g/mol. The number of benzene rings is 1. The van der Waals surface area contributed by atoms with E-state index >= 15 is 0 Å². The van der Waals surface area contributed by atoms with Gasteiger partial charge in [0.2, 0.25) is 5.91 Å². The van der Waals surface area contributed by atoms with E-state index < -0.39 is 5.92 Å². The zero-order valence-corrected chi connectivity index (χ0v) is 14.8. The molecule has 9 heteroatoms. The Morgan fingerprint density at radius 1 is 1.11 bits per heavy atom. The number of hydrogen-bond acceptors (Lipinski definition) is 5. The van der Waals surface area contributed by atoms with Crippen LogP contribution in [-0.4, -0.2) is 36.5 Å². The summed E-state index contributed by atoms with van der Waals surface area (Å²) in [6.07, 6.45) is 0.706. The van der Waals surface area contributed by atoms with Gasteiger partial charge in [0.1, 0.15) is 11.6 Å². The van der Waals surface area contributed by atoms with Gasteiger partial charge in [-0.25, -0.2) is 0 Å². The van der Waals surface area contributed by atoms with Crippen LogP contribution in [0.2, 0.25) is 0 Å². The fourth-order valence-electron chi connectivity index (χ4n) is 2.78. The number of azide groups is 1. The van der Waals surface area contributed by atoms with Gasteiger partial charge in [-0.3, -0.25) is 19.2 Å². The maximum Gasteiger partial charge on any atom is 0.251 e. The lowest BCUT2D eigenvalue weighted by atomic mass is 9.87. The molecule has 1 aliphatic carbocycles. The lowest BCUT2D eigenvalue weighted by Crippen LogP contribution is -2.36. The molecule has 0 heterocycles. The first-order valence-electron chi connectivity index (χ1n) is 8.68. The van der Waals surface area contributed by atoms with Crippen molar-refractivity contribution in [1.29, 1.82) is 0 Å². The van der Waals surface area contributed by atoms with Gasteiger partial charge in [-0.05, 0) is 29.6 Å². The molecule has 27 heavy (non-hydrogen) atoms. The quantitative estimate of drug-likeness (QED) is 0.236. The molecule has 0 radical (unpaired) electrons. The minimum atomic E-state index is -0.589. The molecule has 0 spiro atoms. The molecular formula is C18H21N5O4. The predicted octanol–water partition coefficient (Wildman–Crippen LogP) is 1.67. The number of carbonyl (C=O) groups is 4. The van der Waals surface area contributed by atoms with Crippen molar-refractivity contribution < 1.29 is 19.2 Å². The summed E-state index contributed by atoms with van der Waals surface area (Å²) in [5, 5.41) is 8.84. The Hall–Kier alpha value is -3.19. The number of carbonyl (C=O) groups excluding carboxylic acids is 4. The van der Waals surface area contributed by atoms with E-state index in [-0.39, 0.29) is 49.2 Å². The Kier molecular flexibility index (Phi) is 7.51. The first-order chi connectivity index (χ1) is 13.0. The molecule has 2 rings (SSSR count). The van der Waals surface area contributed by atoms with Crippen molar-refractivity contribution in [3.05, 3.63) is 45.8 Å². The van der Waals surface area contributed by atoms with Crippen molar-refractivity contribution in [2.45, 2.75) is 32.2 Å². The fourth-order valence-corrected chi connectivity index (χ4v) is 2.78. The zero-order chi connectivity index (χ0) is 19.6. The maximum absolute atomic E-state index is 12.1. The van der Waals surface area contributed by atoms with Crippen LogP contribution in [0.1, 0.15) is 41.6 Å². The van der Waals surface area contributed by atoms with E-state index in [1.807, 2.05) is 0 Å². The topological polar surface area (TPSA) is 141 Å². The van der Waals surface area contributed by atoms with Gasteiger partial charge in [0.15, 0.2) is 0 Å². The van der Waals surface area contributed by atoms with Gasteiger partial charge >= 0.3 is 0 Å². The average Bonchev–Trinajstić information content (AvgIpc) is 2.65. The Morgan fingerprint density at radius 3 is 2.41 bits per heavy atom. The normalized spacial score (nSPS) is 14.4. The number of Topliss-reactive ketones (excluding diaryl/α,β-unsaturated/α-hetero) is 2. The van der Waals surface area contributed by atoms with E-state index in [4.69, 9.17) is 5.53 Å². The maximum atomic E-state index is 12.1. The minimum Gasteiger partial charge on any atom is -0.352 e. The molecule has 1 aromatic rings. The smallest absolute Gasteiger partial charge is 0.251 e. The van der Waals surface area contributed by atoms with E-state index in [1.54, 1.807) is 24.3 Å². The number of nitrogens with one attached hydrogen (secondary N) is 2. The second kappa shape index (κ2) is 10.1. The van der Waals surface area contributed by atoms with Gasteiger partial charge < -0.3 is 10.6 Å². The van der Waals surface area contributed by atoms with Crippen LogP contribution < -0.4 is 10.6 Å². The summed E-state index contributed by atoms with van der Waals surface area (Å²) >= 11 is 0. The largest absolute Gasteiger partial charge is 0.352 e. The molecule has 0 saturated heterocycles. The van der Waals surface area contributed by atoms with E-state index in [0.29, 0.717) is 25.1 Å². The number of amides is 2. The van der Waals surface area contributed by atoms with Crippen LogP contribution in [0, 0.1) is 5.92 Å². The molecule has 1 fully saturated rings. The number of rotatable bonds is 8. The van der Waals surface area contributed by atoms with Gasteiger partial charge in [0, 0.05) is 43.0 Å². The van der Waals surface area contributed by atoms with E-state index in [2.05, 4.69) is 20.7 Å². The van der Waals surface area contributed by atoms with Crippen molar-refractivity contribution in [3.63, 3.8) is 0 Å². The highest BCUT2D eigenvalue weighted by Crippen LogP contribution is 2.19. The first-order valence-corrected chi connectivity index (χ1v) is 8.68. The molecule has 1 aliphatic rings. The summed E-state index contributed by atoms with van der Waals surface area (Å²) in [7, 11) is 0. The van der Waals surface area contributed by atoms with Gasteiger partial charge in [0.05, 0.1) is 12.3 Å². The lowest BCUT2D eigenvalue weighted by Gasteiger charge is -2.19. The van der Waals surface area contributed by atoms with E-state index in [0.717, 1.165) is 5.56 Å². The second-order valence-corrected chi connectivity index (χ2v) is 6.34. The van der Waals surface area contributed by atoms with Crippen LogP contribution in [0.3, 0.4) is 0 Å². The molecule has 1 aromatic carbocycles. The molecule has 0 aliphatic heterocycles. The predicted molar refractivity (Wildman–Crippen MR) is 96.6 cm³/mol. The fraction of sp³-hybridized carbons (Fsp3) is 0.444. The van der Waals surface area contributed by atoms with E-state index in [9.17, 15) is 19.2 Å². The molecule has 0 atom stereocenters. The molecule has 1 saturated carbocycles. The molecule has 0 unspecified atom stereocenters. The third-order valence-corrected chi connectivity index (χ3v) is 4.18. The Balaban J connectivity index is 1.78. The molecular weight excluding hydrogens is 350 g/mol. The van der Waals surface area contributed by atoms with Gasteiger partial charge in [0.25, 0.3) is 5.91 Å². The molecule has 0 bridgehead atoms. The van der Waals surface area contributed by atoms with E-state index in [1.165, 1.54) is 0 Å². The number of nitrogens with zero attached hydrogens (tertiary/aromatic N) is 3. The first kappa shape index (κ1) is 20.1. The molecule has 9 nitrogen and oxygen atoms in total. The molecule has 0 aromatic heterocycles. The standard InChI is InChI=1S/C18H21N5O4/c19-23-22-7-1-6-20-17(26)13-4-2-12(3-5-13)11-21-18(27)14-8-15(24)10-16(25)9-14/h2-5,14H,1,6-11H2,(H,20,26)(H,21,27). The summed E-state index contributed by atoms with van der Waals surface area (Å²) in [6.45, 7) is 0.994. The summed E-state index contributed by atoms with van der Waals surface area (Å²) in [5.74, 6) is -1.51. The SMILES string of the molecule is [N-]=[N+]=NCCCNC(=O)c1ccc(CNC(=O)C2CC(=O)CC(=O)C2)cc1. The van der Waals surface area contributed by atoms with Crippen LogP contribution in [-0.2, 0) is 20.9 Å². The number of hydrogen-bond donors (Lipinski definition) is 2. The van der Waals surface area contributed by atoms with Gasteiger partial charge in [-0.1, -0.05) is 17.2 Å². The van der Waals surface area contributed by atoms with Crippen molar-refractivity contribution in [3.8, 4) is 0 Å². The third-order valence-electron chi connectivity index (χ3n) is 4.18. The number of ketones is 2. The highest BCUT2D eigenvalue weighted by atomic mass is 16.2. The zero-order valence-electron chi connectivity index (χ0n) is 14.8. The Bertz CT molecular complexity index is 752. The van der Waals surface area contributed by atoms with Gasteiger partial charge in [-0.15, -0.1) is 0 Å². The molecule has 2 amide bonds. The van der Waals surface area contributed by atoms with Crippen LogP contribution in [0.15, 0.2) is 29.4 Å². The van der Waals surface area contributed by atoms with Crippen LogP contribution in [0.5, 0.6) is 0 Å². The highest BCUT2D eigenvalue weighted by Gasteiger charge is 2.30. The van der Waals surface area contributed by atoms with Crippen molar-refractivity contribution in [1.82, 2.24) is 10.6 Å². The third kappa shape index (κ3) is 6.56. The van der Waals surface area contributed by atoms with Crippen LogP contribution in [0.25, 0.3) is 10.4 Å². The minimum absolute atomic E-state index is 0.0706. The molecule has 2 N–H and O–H groups in total. The van der Waals surface area contributed by atoms with Crippen LogP contribution >= 0.6 is 0 Å². The Labute approximate surface area is 156 Å². The summed E-state index contributed by atoms with van der Waals surface area (Å²) in [6, 6.07) is 6.76. The van der Waals surface area contributed by atoms with Gasteiger partial charge in [-0.2, -0.15) is 0 Å². The highest BCUT2D eigenvalue weighted by molar-refractivity contribution is 6.05.